The first kappa shape index (κ1) is 18.0. The van der Waals surface area contributed by atoms with Gasteiger partial charge in [-0.1, -0.05) is 11.6 Å². The molecule has 0 spiro atoms. The minimum atomic E-state index is -3.81. The van der Waals surface area contributed by atoms with Crippen LogP contribution in [0.2, 0.25) is 5.02 Å². The van der Waals surface area contributed by atoms with Crippen LogP contribution in [0.3, 0.4) is 0 Å². The van der Waals surface area contributed by atoms with Crippen molar-refractivity contribution in [3.8, 4) is 5.75 Å². The van der Waals surface area contributed by atoms with Crippen LogP contribution in [0.1, 0.15) is 12.5 Å². The van der Waals surface area contributed by atoms with Crippen molar-refractivity contribution < 1.29 is 17.9 Å². The maximum absolute atomic E-state index is 13.2. The number of methoxy groups -OCH3 is 1. The molecule has 1 aromatic carbocycles. The first-order chi connectivity index (χ1) is 11.9. The van der Waals surface area contributed by atoms with Gasteiger partial charge in [-0.15, -0.1) is 0 Å². The summed E-state index contributed by atoms with van der Waals surface area (Å²) >= 11 is 6.05. The van der Waals surface area contributed by atoms with Crippen LogP contribution in [0.25, 0.3) is 0 Å². The third kappa shape index (κ3) is 3.58. The van der Waals surface area contributed by atoms with Gasteiger partial charge in [-0.25, -0.2) is 8.42 Å². The number of pyridine rings is 1. The Kier molecular flexibility index (Phi) is 5.17. The van der Waals surface area contributed by atoms with Gasteiger partial charge in [-0.05, 0) is 43.2 Å². The molecule has 1 atom stereocenters. The third-order valence-corrected chi connectivity index (χ3v) is 6.00. The molecule has 25 heavy (non-hydrogen) atoms. The van der Waals surface area contributed by atoms with Gasteiger partial charge in [0.15, 0.2) is 0 Å². The van der Waals surface area contributed by atoms with Gasteiger partial charge in [0.05, 0.1) is 12.3 Å². The first-order valence-electron chi connectivity index (χ1n) is 7.84. The number of anilines is 1. The molecule has 0 fully saturated rings. The van der Waals surface area contributed by atoms with E-state index in [2.05, 4.69) is 4.98 Å². The molecule has 0 bridgehead atoms. The summed E-state index contributed by atoms with van der Waals surface area (Å²) in [6, 6.07) is 6.31. The van der Waals surface area contributed by atoms with Crippen LogP contribution < -0.4 is 9.04 Å². The molecule has 0 radical (unpaired) electrons. The molecule has 1 aromatic heterocycles. The minimum absolute atomic E-state index is 0.0487. The highest BCUT2D eigenvalue weighted by Gasteiger charge is 2.33. The molecule has 2 heterocycles. The van der Waals surface area contributed by atoms with Crippen LogP contribution in [0, 0.1) is 0 Å². The van der Waals surface area contributed by atoms with Crippen molar-refractivity contribution in [1.82, 2.24) is 4.98 Å². The normalized spacial score (nSPS) is 15.1. The van der Waals surface area contributed by atoms with Crippen LogP contribution in [0.15, 0.2) is 41.6 Å². The number of ether oxygens (including phenoxy) is 2. The van der Waals surface area contributed by atoms with Crippen LogP contribution in [-0.2, 0) is 21.2 Å². The van der Waals surface area contributed by atoms with E-state index in [1.54, 1.807) is 37.7 Å². The highest BCUT2D eigenvalue weighted by atomic mass is 35.5. The molecule has 0 N–H and O–H groups in total. The number of halogens is 1. The Morgan fingerprint density at radius 1 is 1.36 bits per heavy atom. The third-order valence-electron chi connectivity index (χ3n) is 3.93. The van der Waals surface area contributed by atoms with E-state index >= 15 is 0 Å². The van der Waals surface area contributed by atoms with E-state index in [1.165, 1.54) is 10.4 Å². The molecule has 1 aliphatic heterocycles. The number of hydrogen-bond donors (Lipinski definition) is 0. The second kappa shape index (κ2) is 7.19. The summed E-state index contributed by atoms with van der Waals surface area (Å²) in [5.74, 6) is 0.261. The van der Waals surface area contributed by atoms with Crippen molar-refractivity contribution >= 4 is 27.3 Å². The van der Waals surface area contributed by atoms with Crippen LogP contribution in [0.4, 0.5) is 5.69 Å². The largest absolute Gasteiger partial charge is 0.487 e. The molecule has 2 aromatic rings. The Labute approximate surface area is 152 Å². The average Bonchev–Trinajstić information content (AvgIpc) is 3.01. The van der Waals surface area contributed by atoms with Gasteiger partial charge in [0.2, 0.25) is 0 Å². The predicted octanol–water partition coefficient (Wildman–Crippen LogP) is 2.90. The highest BCUT2D eigenvalue weighted by molar-refractivity contribution is 7.93. The fourth-order valence-electron chi connectivity index (χ4n) is 2.83. The van der Waals surface area contributed by atoms with Gasteiger partial charge in [-0.2, -0.15) is 0 Å². The Morgan fingerprint density at radius 3 is 2.92 bits per heavy atom. The Bertz CT molecular complexity index is 873. The number of sulfonamides is 1. The average molecular weight is 383 g/mol. The number of nitrogens with zero attached hydrogens (tertiary/aromatic N) is 2. The number of benzene rings is 1. The molecule has 0 saturated heterocycles. The van der Waals surface area contributed by atoms with E-state index in [0.29, 0.717) is 30.3 Å². The second-order valence-corrected chi connectivity index (χ2v) is 8.07. The predicted molar refractivity (Wildman–Crippen MR) is 95.9 cm³/mol. The lowest BCUT2D eigenvalue weighted by Crippen LogP contribution is -2.30. The molecule has 1 aliphatic rings. The fraction of sp³-hybridized carbons (Fsp3) is 0.353. The van der Waals surface area contributed by atoms with E-state index in [-0.39, 0.29) is 16.7 Å². The van der Waals surface area contributed by atoms with E-state index in [0.717, 1.165) is 5.56 Å². The SMILES string of the molecule is COC[C@H](C)Oc1ccc(Cl)cc1S(=O)(=O)N1CCc2cnccc21. The summed E-state index contributed by atoms with van der Waals surface area (Å²) in [5, 5.41) is 0.333. The highest BCUT2D eigenvalue weighted by Crippen LogP contribution is 2.36. The monoisotopic (exact) mass is 382 g/mol. The summed E-state index contributed by atoms with van der Waals surface area (Å²) in [6.07, 6.45) is 3.61. The maximum Gasteiger partial charge on any atom is 0.268 e. The van der Waals surface area contributed by atoms with Gasteiger partial charge < -0.3 is 9.47 Å². The lowest BCUT2D eigenvalue weighted by atomic mass is 10.2. The van der Waals surface area contributed by atoms with Crippen molar-refractivity contribution in [2.45, 2.75) is 24.3 Å². The molecule has 134 valence electrons. The van der Waals surface area contributed by atoms with Crippen molar-refractivity contribution in [3.05, 3.63) is 47.2 Å². The zero-order valence-electron chi connectivity index (χ0n) is 14.0. The Hall–Kier alpha value is -1.83. The molecule has 6 nitrogen and oxygen atoms in total. The zero-order valence-corrected chi connectivity index (χ0v) is 15.5. The Balaban J connectivity index is 2.02. The van der Waals surface area contributed by atoms with Gasteiger partial charge in [-0.3, -0.25) is 9.29 Å². The summed E-state index contributed by atoms with van der Waals surface area (Å²) in [7, 11) is -2.25. The summed E-state index contributed by atoms with van der Waals surface area (Å²) < 4.78 is 38.7. The number of hydrogen-bond acceptors (Lipinski definition) is 5. The van der Waals surface area contributed by atoms with Gasteiger partial charge >= 0.3 is 0 Å². The van der Waals surface area contributed by atoms with Crippen LogP contribution in [-0.4, -0.2) is 39.8 Å². The lowest BCUT2D eigenvalue weighted by Gasteiger charge is -2.23. The van der Waals surface area contributed by atoms with Crippen molar-refractivity contribution in [3.63, 3.8) is 0 Å². The van der Waals surface area contributed by atoms with Gasteiger partial charge in [0.1, 0.15) is 16.7 Å². The molecule has 0 saturated carbocycles. The fourth-order valence-corrected chi connectivity index (χ4v) is 4.72. The number of aromatic nitrogens is 1. The van der Waals surface area contributed by atoms with E-state index in [1.807, 2.05) is 6.92 Å². The van der Waals surface area contributed by atoms with Crippen molar-refractivity contribution in [1.29, 1.82) is 0 Å². The molecule has 3 rings (SSSR count). The molecular formula is C17H19ClN2O4S. The van der Waals surface area contributed by atoms with Crippen molar-refractivity contribution in [2.24, 2.45) is 0 Å². The quantitative estimate of drug-likeness (QED) is 0.768. The van der Waals surface area contributed by atoms with E-state index < -0.39 is 10.0 Å². The molecule has 8 heteroatoms. The summed E-state index contributed by atoms with van der Waals surface area (Å²) in [4.78, 5) is 4.10. The standard InChI is InChI=1S/C17H19ClN2O4S/c1-12(11-23-2)24-16-4-3-14(18)9-17(16)25(21,22)20-8-6-13-10-19-7-5-15(13)20/h3-5,7,9-10,12H,6,8,11H2,1-2H3/t12-/m0/s1. The zero-order chi connectivity index (χ0) is 18.0. The second-order valence-electron chi connectivity index (χ2n) is 5.81. The van der Waals surface area contributed by atoms with Crippen LogP contribution in [0.5, 0.6) is 5.75 Å². The minimum Gasteiger partial charge on any atom is -0.487 e. The molecule has 0 aliphatic carbocycles. The van der Waals surface area contributed by atoms with E-state index in [9.17, 15) is 8.42 Å². The maximum atomic E-state index is 13.2. The smallest absolute Gasteiger partial charge is 0.268 e. The first-order valence-corrected chi connectivity index (χ1v) is 9.66. The summed E-state index contributed by atoms with van der Waals surface area (Å²) in [5.41, 5.74) is 1.55. The van der Waals surface area contributed by atoms with Crippen LogP contribution >= 0.6 is 11.6 Å². The number of fused-ring (bicyclic) bond motifs is 1. The molecule has 0 amide bonds. The molecule has 0 unspecified atom stereocenters. The lowest BCUT2D eigenvalue weighted by molar-refractivity contribution is 0.0901. The van der Waals surface area contributed by atoms with Gasteiger partial charge in [0, 0.05) is 31.1 Å². The summed E-state index contributed by atoms with van der Waals surface area (Å²) in [6.45, 7) is 2.52. The van der Waals surface area contributed by atoms with Gasteiger partial charge in [0.25, 0.3) is 10.0 Å². The molecular weight excluding hydrogens is 364 g/mol. The Morgan fingerprint density at radius 2 is 2.16 bits per heavy atom. The van der Waals surface area contributed by atoms with Crippen molar-refractivity contribution in [2.75, 3.05) is 24.6 Å². The topological polar surface area (TPSA) is 68.7 Å². The van der Waals surface area contributed by atoms with E-state index in [4.69, 9.17) is 21.1 Å². The number of rotatable bonds is 6.